The summed E-state index contributed by atoms with van der Waals surface area (Å²) in [6, 6.07) is 9.72. The molecule has 122 valence electrons. The normalized spacial score (nSPS) is 10.6. The number of halogens is 2. The van der Waals surface area contributed by atoms with E-state index in [0.717, 1.165) is 12.1 Å². The van der Waals surface area contributed by atoms with E-state index in [1.54, 1.807) is 24.3 Å². The Morgan fingerprint density at radius 2 is 1.83 bits per heavy atom. The van der Waals surface area contributed by atoms with Crippen molar-refractivity contribution in [2.45, 2.75) is 13.3 Å². The van der Waals surface area contributed by atoms with Crippen LogP contribution in [0.25, 0.3) is 11.5 Å². The molecule has 0 aliphatic rings. The largest absolute Gasteiger partial charge is 0.421 e. The maximum atomic E-state index is 13.2. The Balaban J connectivity index is 1.73. The van der Waals surface area contributed by atoms with Gasteiger partial charge in [0.25, 0.3) is 5.91 Å². The van der Waals surface area contributed by atoms with Crippen molar-refractivity contribution in [2.75, 3.05) is 5.32 Å². The van der Waals surface area contributed by atoms with Crippen LogP contribution in [-0.2, 0) is 6.42 Å². The predicted octanol–water partition coefficient (Wildman–Crippen LogP) is 3.83. The monoisotopic (exact) mass is 329 g/mol. The van der Waals surface area contributed by atoms with Gasteiger partial charge in [0.1, 0.15) is 0 Å². The van der Waals surface area contributed by atoms with Crippen molar-refractivity contribution in [2.24, 2.45) is 0 Å². The van der Waals surface area contributed by atoms with Gasteiger partial charge in [0.15, 0.2) is 11.6 Å². The standard InChI is InChI=1S/C17H13F2N3O2/c1-2-15-21-22-17(24-15)10-3-6-12(7-4-10)20-16(23)11-5-8-13(18)14(19)9-11/h3-9H,2H2,1H3,(H,20,23). The lowest BCUT2D eigenvalue weighted by Crippen LogP contribution is -2.12. The summed E-state index contributed by atoms with van der Waals surface area (Å²) in [5.41, 5.74) is 1.25. The molecule has 5 nitrogen and oxygen atoms in total. The molecule has 0 aliphatic heterocycles. The van der Waals surface area contributed by atoms with Crippen LogP contribution in [0.2, 0.25) is 0 Å². The number of rotatable bonds is 4. The number of nitrogens with one attached hydrogen (secondary N) is 1. The van der Waals surface area contributed by atoms with Crippen molar-refractivity contribution < 1.29 is 18.0 Å². The number of aryl methyl sites for hydroxylation is 1. The van der Waals surface area contributed by atoms with Crippen LogP contribution >= 0.6 is 0 Å². The Morgan fingerprint density at radius 3 is 2.46 bits per heavy atom. The molecule has 1 aromatic heterocycles. The van der Waals surface area contributed by atoms with Crippen molar-refractivity contribution >= 4 is 11.6 Å². The van der Waals surface area contributed by atoms with Gasteiger partial charge in [-0.2, -0.15) is 0 Å². The van der Waals surface area contributed by atoms with Crippen LogP contribution in [0.1, 0.15) is 23.2 Å². The number of hydrogen-bond donors (Lipinski definition) is 1. The Bertz CT molecular complexity index is 876. The Labute approximate surface area is 136 Å². The Hall–Kier alpha value is -3.09. The second kappa shape index (κ2) is 6.57. The van der Waals surface area contributed by atoms with Crippen LogP contribution < -0.4 is 5.32 Å². The highest BCUT2D eigenvalue weighted by molar-refractivity contribution is 6.04. The summed E-state index contributed by atoms with van der Waals surface area (Å²) in [5, 5.41) is 10.4. The molecule has 0 atom stereocenters. The van der Waals surface area contributed by atoms with Crippen molar-refractivity contribution in [3.05, 3.63) is 65.6 Å². The van der Waals surface area contributed by atoms with E-state index in [9.17, 15) is 13.6 Å². The predicted molar refractivity (Wildman–Crippen MR) is 83.4 cm³/mol. The fraction of sp³-hybridized carbons (Fsp3) is 0.118. The highest BCUT2D eigenvalue weighted by atomic mass is 19.2. The molecule has 0 bridgehead atoms. The zero-order valence-corrected chi connectivity index (χ0v) is 12.7. The van der Waals surface area contributed by atoms with Gasteiger partial charge in [0.05, 0.1) is 0 Å². The first-order valence-corrected chi connectivity index (χ1v) is 7.26. The molecule has 3 rings (SSSR count). The summed E-state index contributed by atoms with van der Waals surface area (Å²) in [6.07, 6.45) is 0.648. The summed E-state index contributed by atoms with van der Waals surface area (Å²) < 4.78 is 31.5. The van der Waals surface area contributed by atoms with Crippen molar-refractivity contribution in [3.8, 4) is 11.5 Å². The van der Waals surface area contributed by atoms with Crippen molar-refractivity contribution in [1.29, 1.82) is 0 Å². The van der Waals surface area contributed by atoms with E-state index in [-0.39, 0.29) is 5.56 Å². The lowest BCUT2D eigenvalue weighted by molar-refractivity contribution is 0.102. The fourth-order valence-corrected chi connectivity index (χ4v) is 2.05. The fourth-order valence-electron chi connectivity index (χ4n) is 2.05. The maximum absolute atomic E-state index is 13.2. The zero-order chi connectivity index (χ0) is 17.1. The Morgan fingerprint density at radius 1 is 1.08 bits per heavy atom. The second-order valence-corrected chi connectivity index (χ2v) is 5.01. The first kappa shape index (κ1) is 15.8. The number of hydrogen-bond acceptors (Lipinski definition) is 4. The average Bonchev–Trinajstić information content (AvgIpc) is 3.07. The van der Waals surface area contributed by atoms with E-state index >= 15 is 0 Å². The van der Waals surface area contributed by atoms with Gasteiger partial charge in [-0.3, -0.25) is 4.79 Å². The lowest BCUT2D eigenvalue weighted by Gasteiger charge is -2.06. The summed E-state index contributed by atoms with van der Waals surface area (Å²) in [7, 11) is 0. The van der Waals surface area contributed by atoms with Crippen LogP contribution in [-0.4, -0.2) is 16.1 Å². The third-order valence-corrected chi connectivity index (χ3v) is 3.34. The maximum Gasteiger partial charge on any atom is 0.255 e. The molecule has 7 heteroatoms. The van der Waals surface area contributed by atoms with Gasteiger partial charge in [0, 0.05) is 23.2 Å². The molecule has 0 unspecified atom stereocenters. The van der Waals surface area contributed by atoms with E-state index in [4.69, 9.17) is 4.42 Å². The zero-order valence-electron chi connectivity index (χ0n) is 12.7. The molecule has 0 saturated carbocycles. The Kier molecular flexibility index (Phi) is 4.33. The van der Waals surface area contributed by atoms with Gasteiger partial charge in [0.2, 0.25) is 11.8 Å². The second-order valence-electron chi connectivity index (χ2n) is 5.01. The molecule has 2 aromatic carbocycles. The molecule has 0 radical (unpaired) electrons. The molecule has 1 amide bonds. The molecule has 0 aliphatic carbocycles. The quantitative estimate of drug-likeness (QED) is 0.790. The van der Waals surface area contributed by atoms with Gasteiger partial charge in [-0.15, -0.1) is 10.2 Å². The molecular formula is C17H13F2N3O2. The SMILES string of the molecule is CCc1nnc(-c2ccc(NC(=O)c3ccc(F)c(F)c3)cc2)o1. The number of benzene rings is 2. The minimum absolute atomic E-state index is 0.0301. The number of amides is 1. The van der Waals surface area contributed by atoms with Crippen LogP contribution in [0.5, 0.6) is 0 Å². The first-order valence-electron chi connectivity index (χ1n) is 7.26. The highest BCUT2D eigenvalue weighted by Crippen LogP contribution is 2.21. The molecule has 0 spiro atoms. The van der Waals surface area contributed by atoms with E-state index in [2.05, 4.69) is 15.5 Å². The molecule has 3 aromatic rings. The van der Waals surface area contributed by atoms with Crippen molar-refractivity contribution in [3.63, 3.8) is 0 Å². The number of nitrogens with zero attached hydrogens (tertiary/aromatic N) is 2. The summed E-state index contributed by atoms with van der Waals surface area (Å²) in [4.78, 5) is 12.0. The molecular weight excluding hydrogens is 316 g/mol. The number of carbonyl (C=O) groups is 1. The van der Waals surface area contributed by atoms with Crippen LogP contribution in [0.3, 0.4) is 0 Å². The van der Waals surface area contributed by atoms with Crippen LogP contribution in [0.4, 0.5) is 14.5 Å². The summed E-state index contributed by atoms with van der Waals surface area (Å²) in [5.74, 6) is -1.67. The van der Waals surface area contributed by atoms with E-state index in [1.807, 2.05) is 6.92 Å². The van der Waals surface area contributed by atoms with Crippen LogP contribution in [0, 0.1) is 11.6 Å². The van der Waals surface area contributed by atoms with Gasteiger partial charge >= 0.3 is 0 Å². The minimum atomic E-state index is -1.07. The first-order chi connectivity index (χ1) is 11.6. The highest BCUT2D eigenvalue weighted by Gasteiger charge is 2.11. The van der Waals surface area contributed by atoms with E-state index in [0.29, 0.717) is 29.5 Å². The van der Waals surface area contributed by atoms with Crippen LogP contribution in [0.15, 0.2) is 46.9 Å². The van der Waals surface area contributed by atoms with E-state index < -0.39 is 17.5 Å². The summed E-state index contributed by atoms with van der Waals surface area (Å²) in [6.45, 7) is 1.91. The smallest absolute Gasteiger partial charge is 0.255 e. The van der Waals surface area contributed by atoms with Gasteiger partial charge < -0.3 is 9.73 Å². The lowest BCUT2D eigenvalue weighted by atomic mass is 10.1. The number of anilines is 1. The minimum Gasteiger partial charge on any atom is -0.421 e. The topological polar surface area (TPSA) is 68.0 Å². The average molecular weight is 329 g/mol. The molecule has 1 heterocycles. The van der Waals surface area contributed by atoms with Gasteiger partial charge in [-0.25, -0.2) is 8.78 Å². The van der Waals surface area contributed by atoms with Crippen molar-refractivity contribution in [1.82, 2.24) is 10.2 Å². The third-order valence-electron chi connectivity index (χ3n) is 3.34. The molecule has 0 saturated heterocycles. The third kappa shape index (κ3) is 3.29. The number of carbonyl (C=O) groups excluding carboxylic acids is 1. The van der Waals surface area contributed by atoms with E-state index in [1.165, 1.54) is 6.07 Å². The van der Waals surface area contributed by atoms with Gasteiger partial charge in [-0.05, 0) is 42.5 Å². The summed E-state index contributed by atoms with van der Waals surface area (Å²) >= 11 is 0. The molecule has 0 fully saturated rings. The molecule has 24 heavy (non-hydrogen) atoms. The molecule has 1 N–H and O–H groups in total. The number of aromatic nitrogens is 2. The van der Waals surface area contributed by atoms with Gasteiger partial charge in [-0.1, -0.05) is 6.92 Å².